The SMILES string of the molecule is N#Cc1cccc2c1C=Cc1ncc(C3=CN4CCC3CC4)cc1C2O. The molecule has 0 amide bonds. The number of allylic oxidation sites excluding steroid dienone is 1. The molecule has 4 aliphatic rings. The lowest BCUT2D eigenvalue weighted by atomic mass is 9.82. The monoisotopic (exact) mass is 341 g/mol. The van der Waals surface area contributed by atoms with Crippen LogP contribution in [0.5, 0.6) is 0 Å². The van der Waals surface area contributed by atoms with Crippen LogP contribution in [0.25, 0.3) is 17.7 Å². The van der Waals surface area contributed by atoms with Gasteiger partial charge in [0.05, 0.1) is 17.3 Å². The molecule has 6 rings (SSSR count). The van der Waals surface area contributed by atoms with Gasteiger partial charge in [-0.2, -0.15) is 5.26 Å². The third-order valence-corrected chi connectivity index (χ3v) is 5.83. The van der Waals surface area contributed by atoms with Crippen LogP contribution in [-0.2, 0) is 0 Å². The Morgan fingerprint density at radius 2 is 2.00 bits per heavy atom. The van der Waals surface area contributed by atoms with Crippen LogP contribution in [0.3, 0.4) is 0 Å². The van der Waals surface area contributed by atoms with E-state index in [4.69, 9.17) is 0 Å². The maximum atomic E-state index is 11.0. The summed E-state index contributed by atoms with van der Waals surface area (Å²) in [5.74, 6) is 0.593. The predicted octanol–water partition coefficient (Wildman–Crippen LogP) is 3.59. The van der Waals surface area contributed by atoms with Crippen LogP contribution in [-0.4, -0.2) is 28.1 Å². The second-order valence-corrected chi connectivity index (χ2v) is 7.25. The number of benzene rings is 1. The van der Waals surface area contributed by atoms with E-state index >= 15 is 0 Å². The topological polar surface area (TPSA) is 60.2 Å². The summed E-state index contributed by atoms with van der Waals surface area (Å²) >= 11 is 0. The third-order valence-electron chi connectivity index (χ3n) is 5.83. The molecule has 2 aromatic rings. The van der Waals surface area contributed by atoms with Crippen LogP contribution < -0.4 is 0 Å². The summed E-state index contributed by atoms with van der Waals surface area (Å²) in [5, 5.41) is 20.4. The van der Waals surface area contributed by atoms with Gasteiger partial charge in [-0.25, -0.2) is 0 Å². The second-order valence-electron chi connectivity index (χ2n) is 7.25. The van der Waals surface area contributed by atoms with Crippen molar-refractivity contribution in [2.24, 2.45) is 5.92 Å². The summed E-state index contributed by atoms with van der Waals surface area (Å²) in [7, 11) is 0. The zero-order valence-electron chi connectivity index (χ0n) is 14.4. The quantitative estimate of drug-likeness (QED) is 0.861. The van der Waals surface area contributed by atoms with E-state index in [0.29, 0.717) is 11.5 Å². The molecule has 1 N–H and O–H groups in total. The van der Waals surface area contributed by atoms with Gasteiger partial charge in [0.1, 0.15) is 6.10 Å². The Morgan fingerprint density at radius 3 is 2.73 bits per heavy atom. The number of hydrogen-bond acceptors (Lipinski definition) is 4. The van der Waals surface area contributed by atoms with Gasteiger partial charge in [0.2, 0.25) is 0 Å². The fraction of sp³-hybridized carbons (Fsp3) is 0.273. The number of pyridine rings is 1. The maximum absolute atomic E-state index is 11.0. The van der Waals surface area contributed by atoms with E-state index in [2.05, 4.69) is 28.2 Å². The Balaban J connectivity index is 1.63. The molecule has 128 valence electrons. The predicted molar refractivity (Wildman–Crippen MR) is 101 cm³/mol. The molecule has 0 saturated carbocycles. The van der Waals surface area contributed by atoms with Gasteiger partial charge >= 0.3 is 0 Å². The number of hydrogen-bond donors (Lipinski definition) is 1. The van der Waals surface area contributed by atoms with Crippen molar-refractivity contribution in [3.05, 3.63) is 70.2 Å². The molecule has 0 radical (unpaired) electrons. The normalized spacial score (nSPS) is 20.8. The van der Waals surface area contributed by atoms with Crippen molar-refractivity contribution in [2.45, 2.75) is 18.9 Å². The molecule has 0 spiro atoms. The first-order chi connectivity index (χ1) is 12.7. The van der Waals surface area contributed by atoms with Gasteiger partial charge in [-0.3, -0.25) is 4.98 Å². The molecule has 26 heavy (non-hydrogen) atoms. The molecule has 1 aromatic heterocycles. The molecule has 1 aromatic carbocycles. The average molecular weight is 341 g/mol. The lowest BCUT2D eigenvalue weighted by Gasteiger charge is -2.39. The molecular weight excluding hydrogens is 322 g/mol. The van der Waals surface area contributed by atoms with E-state index in [-0.39, 0.29) is 0 Å². The van der Waals surface area contributed by atoms with E-state index in [1.165, 1.54) is 18.4 Å². The van der Waals surface area contributed by atoms with Crippen molar-refractivity contribution in [1.29, 1.82) is 5.26 Å². The average Bonchev–Trinajstić information content (AvgIpc) is 2.85. The molecule has 1 aliphatic carbocycles. The number of rotatable bonds is 1. The zero-order chi connectivity index (χ0) is 17.7. The lowest BCUT2D eigenvalue weighted by molar-refractivity contribution is 0.219. The molecule has 1 saturated heterocycles. The van der Waals surface area contributed by atoms with E-state index < -0.39 is 6.10 Å². The van der Waals surface area contributed by atoms with E-state index in [1.54, 1.807) is 6.07 Å². The molecule has 2 bridgehead atoms. The summed E-state index contributed by atoms with van der Waals surface area (Å²) in [5.41, 5.74) is 6.14. The standard InChI is InChI=1S/C22H19N3O/c23-11-15-2-1-3-18-17(15)4-5-21-19(22(18)26)10-16(12-24-21)20-13-25-8-6-14(20)7-9-25/h1-5,10,12-14,22,26H,6-9H2. The minimum Gasteiger partial charge on any atom is -0.384 e. The molecule has 4 nitrogen and oxygen atoms in total. The van der Waals surface area contributed by atoms with Crippen LogP contribution >= 0.6 is 0 Å². The number of aliphatic hydroxyl groups excluding tert-OH is 1. The van der Waals surface area contributed by atoms with Gasteiger partial charge < -0.3 is 10.0 Å². The van der Waals surface area contributed by atoms with Crippen molar-refractivity contribution >= 4 is 17.7 Å². The molecular formula is C22H19N3O. The van der Waals surface area contributed by atoms with E-state index in [9.17, 15) is 10.4 Å². The number of fused-ring (bicyclic) bond motifs is 4. The van der Waals surface area contributed by atoms with Gasteiger partial charge in [0.25, 0.3) is 0 Å². The van der Waals surface area contributed by atoms with Crippen LogP contribution in [0.4, 0.5) is 0 Å². The largest absolute Gasteiger partial charge is 0.384 e. The first-order valence-electron chi connectivity index (χ1n) is 9.10. The van der Waals surface area contributed by atoms with Crippen LogP contribution in [0.2, 0.25) is 0 Å². The lowest BCUT2D eigenvalue weighted by Crippen LogP contribution is -2.35. The second kappa shape index (κ2) is 5.82. The summed E-state index contributed by atoms with van der Waals surface area (Å²) in [4.78, 5) is 7.02. The van der Waals surface area contributed by atoms with E-state index in [0.717, 1.165) is 41.0 Å². The maximum Gasteiger partial charge on any atom is 0.107 e. The number of aromatic nitrogens is 1. The molecule has 1 fully saturated rings. The van der Waals surface area contributed by atoms with Crippen molar-refractivity contribution in [3.8, 4) is 6.07 Å². The highest BCUT2D eigenvalue weighted by atomic mass is 16.3. The summed E-state index contributed by atoms with van der Waals surface area (Å²) in [6.07, 6.45) is 9.59. The van der Waals surface area contributed by atoms with Crippen LogP contribution in [0, 0.1) is 17.2 Å². The molecule has 1 atom stereocenters. The van der Waals surface area contributed by atoms with Crippen molar-refractivity contribution in [1.82, 2.24) is 9.88 Å². The number of piperidine rings is 1. The van der Waals surface area contributed by atoms with E-state index in [1.807, 2.05) is 30.5 Å². The van der Waals surface area contributed by atoms with Gasteiger partial charge in [0.15, 0.2) is 0 Å². The van der Waals surface area contributed by atoms with Crippen LogP contribution in [0.15, 0.2) is 36.7 Å². The Morgan fingerprint density at radius 1 is 1.15 bits per heavy atom. The van der Waals surface area contributed by atoms with Gasteiger partial charge in [-0.15, -0.1) is 0 Å². The fourth-order valence-electron chi connectivity index (χ4n) is 4.40. The smallest absolute Gasteiger partial charge is 0.107 e. The Labute approximate surface area is 152 Å². The zero-order valence-corrected chi connectivity index (χ0v) is 14.4. The van der Waals surface area contributed by atoms with Gasteiger partial charge in [-0.05, 0) is 59.2 Å². The Kier molecular flexibility index (Phi) is 3.44. The van der Waals surface area contributed by atoms with Crippen molar-refractivity contribution in [2.75, 3.05) is 13.1 Å². The highest BCUT2D eigenvalue weighted by molar-refractivity contribution is 5.79. The minimum absolute atomic E-state index is 0.575. The van der Waals surface area contributed by atoms with Gasteiger partial charge in [0, 0.05) is 31.0 Å². The molecule has 3 aliphatic heterocycles. The molecule has 4 heteroatoms. The Bertz CT molecular complexity index is 991. The van der Waals surface area contributed by atoms with Crippen molar-refractivity contribution < 1.29 is 5.11 Å². The summed E-state index contributed by atoms with van der Waals surface area (Å²) in [6, 6.07) is 9.79. The summed E-state index contributed by atoms with van der Waals surface area (Å²) in [6.45, 7) is 2.28. The number of aliphatic hydroxyl groups is 1. The minimum atomic E-state index is -0.780. The van der Waals surface area contributed by atoms with Crippen LogP contribution in [0.1, 0.15) is 52.5 Å². The highest BCUT2D eigenvalue weighted by Crippen LogP contribution is 2.39. The fourth-order valence-corrected chi connectivity index (χ4v) is 4.40. The highest BCUT2D eigenvalue weighted by Gasteiger charge is 2.29. The number of nitriles is 1. The van der Waals surface area contributed by atoms with Gasteiger partial charge in [-0.1, -0.05) is 18.2 Å². The Hall–Kier alpha value is -2.90. The molecule has 4 heterocycles. The molecule has 1 unspecified atom stereocenters. The number of nitrogens with zero attached hydrogens (tertiary/aromatic N) is 3. The third kappa shape index (κ3) is 2.28. The first kappa shape index (κ1) is 15.4. The van der Waals surface area contributed by atoms with Crippen molar-refractivity contribution in [3.63, 3.8) is 0 Å². The first-order valence-corrected chi connectivity index (χ1v) is 9.10. The summed E-state index contributed by atoms with van der Waals surface area (Å²) < 4.78 is 0.